The third-order valence-corrected chi connectivity index (χ3v) is 4.94. The molecule has 2 N–H and O–H groups in total. The number of anilines is 2. The van der Waals surface area contributed by atoms with E-state index in [0.717, 1.165) is 29.9 Å². The monoisotopic (exact) mass is 388 g/mol. The molecule has 1 amide bonds. The van der Waals surface area contributed by atoms with E-state index in [9.17, 15) is 9.18 Å². The summed E-state index contributed by atoms with van der Waals surface area (Å²) in [5, 5.41) is 6.12. The number of aliphatic imine (C=N–C) groups is 1. The van der Waals surface area contributed by atoms with E-state index in [2.05, 4.69) is 26.7 Å². The first kappa shape index (κ1) is 18.8. The molecule has 0 radical (unpaired) electrons. The lowest BCUT2D eigenvalue weighted by Gasteiger charge is -2.10. The van der Waals surface area contributed by atoms with Gasteiger partial charge in [-0.2, -0.15) is 0 Å². The molecule has 29 heavy (non-hydrogen) atoms. The Hall–Kier alpha value is -3.54. The molecule has 4 rings (SSSR count). The molecule has 0 spiro atoms. The van der Waals surface area contributed by atoms with Gasteiger partial charge in [0, 0.05) is 42.1 Å². The van der Waals surface area contributed by atoms with Gasteiger partial charge in [-0.15, -0.1) is 0 Å². The van der Waals surface area contributed by atoms with Crippen LogP contribution in [-0.4, -0.2) is 23.7 Å². The van der Waals surface area contributed by atoms with Gasteiger partial charge in [0.25, 0.3) is 0 Å². The van der Waals surface area contributed by atoms with Crippen molar-refractivity contribution in [1.82, 2.24) is 4.98 Å². The molecule has 146 valence electrons. The van der Waals surface area contributed by atoms with Gasteiger partial charge in [0.05, 0.1) is 5.69 Å². The molecular formula is C23H21FN4O. The average molecular weight is 388 g/mol. The minimum atomic E-state index is -0.719. The number of hydrogen-bond donors (Lipinski definition) is 2. The molecule has 0 fully saturated rings. The van der Waals surface area contributed by atoms with Crippen LogP contribution in [-0.2, 0) is 11.2 Å². The number of nitrogens with zero attached hydrogens (tertiary/aromatic N) is 2. The topological polar surface area (TPSA) is 66.4 Å². The summed E-state index contributed by atoms with van der Waals surface area (Å²) in [6.07, 6.45) is 6.03. The predicted molar refractivity (Wildman–Crippen MR) is 114 cm³/mol. The SMILES string of the molecule is Cc1cc(N=CC2C(=O)Nc3cccc(F)c32)ccc1NCCc1cccnc1. The van der Waals surface area contributed by atoms with Crippen molar-refractivity contribution in [3.8, 4) is 0 Å². The number of carbonyl (C=O) groups excluding carboxylic acids is 1. The first-order valence-electron chi connectivity index (χ1n) is 9.49. The van der Waals surface area contributed by atoms with Gasteiger partial charge in [-0.05, 0) is 60.9 Å². The van der Waals surface area contributed by atoms with Crippen LogP contribution < -0.4 is 10.6 Å². The molecule has 5 nitrogen and oxygen atoms in total. The fourth-order valence-corrected chi connectivity index (χ4v) is 3.42. The number of halogens is 1. The number of aromatic nitrogens is 1. The molecule has 3 aromatic rings. The Morgan fingerprint density at radius 1 is 1.24 bits per heavy atom. The summed E-state index contributed by atoms with van der Waals surface area (Å²) in [5.74, 6) is -1.38. The predicted octanol–water partition coefficient (Wildman–Crippen LogP) is 4.62. The smallest absolute Gasteiger partial charge is 0.237 e. The molecule has 1 aromatic heterocycles. The third-order valence-electron chi connectivity index (χ3n) is 4.94. The Bertz CT molecular complexity index is 1070. The van der Waals surface area contributed by atoms with Crippen molar-refractivity contribution in [1.29, 1.82) is 0 Å². The van der Waals surface area contributed by atoms with E-state index in [1.165, 1.54) is 17.8 Å². The fourth-order valence-electron chi connectivity index (χ4n) is 3.42. The van der Waals surface area contributed by atoms with Gasteiger partial charge in [0.1, 0.15) is 11.7 Å². The summed E-state index contributed by atoms with van der Waals surface area (Å²) in [7, 11) is 0. The molecule has 1 unspecified atom stereocenters. The van der Waals surface area contributed by atoms with Crippen molar-refractivity contribution in [2.24, 2.45) is 4.99 Å². The molecule has 0 bridgehead atoms. The highest BCUT2D eigenvalue weighted by Crippen LogP contribution is 2.34. The first-order valence-corrected chi connectivity index (χ1v) is 9.49. The molecule has 6 heteroatoms. The number of rotatable bonds is 6. The molecule has 2 heterocycles. The van der Waals surface area contributed by atoms with Gasteiger partial charge in [-0.3, -0.25) is 14.8 Å². The van der Waals surface area contributed by atoms with Crippen LogP contribution in [0.4, 0.5) is 21.5 Å². The van der Waals surface area contributed by atoms with E-state index in [4.69, 9.17) is 0 Å². The van der Waals surface area contributed by atoms with E-state index >= 15 is 0 Å². The van der Waals surface area contributed by atoms with Crippen molar-refractivity contribution >= 4 is 29.2 Å². The second-order valence-electron chi connectivity index (χ2n) is 6.98. The van der Waals surface area contributed by atoms with Crippen LogP contribution in [0.1, 0.15) is 22.6 Å². The lowest BCUT2D eigenvalue weighted by molar-refractivity contribution is -0.115. The first-order chi connectivity index (χ1) is 14.1. The maximum atomic E-state index is 14.1. The number of nitrogens with one attached hydrogen (secondary N) is 2. The van der Waals surface area contributed by atoms with Crippen molar-refractivity contribution in [3.63, 3.8) is 0 Å². The largest absolute Gasteiger partial charge is 0.384 e. The lowest BCUT2D eigenvalue weighted by atomic mass is 10.0. The van der Waals surface area contributed by atoms with Crippen LogP contribution in [0.2, 0.25) is 0 Å². The maximum absolute atomic E-state index is 14.1. The molecule has 0 saturated heterocycles. The van der Waals surface area contributed by atoms with Crippen LogP contribution in [0.25, 0.3) is 0 Å². The number of amides is 1. The summed E-state index contributed by atoms with van der Waals surface area (Å²) < 4.78 is 14.1. The van der Waals surface area contributed by atoms with E-state index in [1.807, 2.05) is 37.4 Å². The number of carbonyl (C=O) groups is 1. The third kappa shape index (κ3) is 4.16. The highest BCUT2D eigenvalue weighted by molar-refractivity contribution is 6.12. The Morgan fingerprint density at radius 2 is 2.14 bits per heavy atom. The van der Waals surface area contributed by atoms with E-state index in [-0.39, 0.29) is 5.91 Å². The van der Waals surface area contributed by atoms with E-state index in [1.54, 1.807) is 18.3 Å². The number of hydrogen-bond acceptors (Lipinski definition) is 4. The normalized spacial score (nSPS) is 15.4. The van der Waals surface area contributed by atoms with Crippen molar-refractivity contribution in [2.45, 2.75) is 19.3 Å². The minimum Gasteiger partial charge on any atom is -0.384 e. The molecule has 2 aromatic carbocycles. The Balaban J connectivity index is 1.43. The van der Waals surface area contributed by atoms with Crippen LogP contribution >= 0.6 is 0 Å². The second kappa shape index (κ2) is 8.22. The van der Waals surface area contributed by atoms with Gasteiger partial charge >= 0.3 is 0 Å². The summed E-state index contributed by atoms with van der Waals surface area (Å²) in [4.78, 5) is 20.7. The quantitative estimate of drug-likeness (QED) is 0.606. The Kier molecular flexibility index (Phi) is 5.33. The molecular weight excluding hydrogens is 367 g/mol. The summed E-state index contributed by atoms with van der Waals surface area (Å²) in [6.45, 7) is 2.80. The van der Waals surface area contributed by atoms with Gasteiger partial charge in [-0.1, -0.05) is 12.1 Å². The van der Waals surface area contributed by atoms with Gasteiger partial charge < -0.3 is 10.6 Å². The van der Waals surface area contributed by atoms with Crippen LogP contribution in [0.15, 0.2) is 65.9 Å². The zero-order chi connectivity index (χ0) is 20.2. The molecule has 1 aliphatic heterocycles. The molecule has 1 atom stereocenters. The number of fused-ring (bicyclic) bond motifs is 1. The van der Waals surface area contributed by atoms with Gasteiger partial charge in [0.15, 0.2) is 0 Å². The zero-order valence-electron chi connectivity index (χ0n) is 16.0. The van der Waals surface area contributed by atoms with Crippen LogP contribution in [0, 0.1) is 12.7 Å². The van der Waals surface area contributed by atoms with Gasteiger partial charge in [-0.25, -0.2) is 4.39 Å². The number of aryl methyl sites for hydroxylation is 1. The van der Waals surface area contributed by atoms with Crippen molar-refractivity contribution in [3.05, 3.63) is 83.4 Å². The van der Waals surface area contributed by atoms with E-state index in [0.29, 0.717) is 11.3 Å². The second-order valence-corrected chi connectivity index (χ2v) is 6.98. The zero-order valence-corrected chi connectivity index (χ0v) is 16.0. The standard InChI is InChI=1S/C23H21FN4O/c1-15-12-17(7-8-20(15)26-11-9-16-4-3-10-25-13-16)27-14-18-22-19(24)5-2-6-21(22)28-23(18)29/h2-8,10,12-14,18,26H,9,11H2,1H3,(H,28,29). The number of pyridine rings is 1. The van der Waals surface area contributed by atoms with Gasteiger partial charge in [0.2, 0.25) is 5.91 Å². The molecule has 1 aliphatic rings. The van der Waals surface area contributed by atoms with E-state index < -0.39 is 11.7 Å². The molecule has 0 aliphatic carbocycles. The lowest BCUT2D eigenvalue weighted by Crippen LogP contribution is -2.13. The van der Waals surface area contributed by atoms with Crippen molar-refractivity contribution < 1.29 is 9.18 Å². The summed E-state index contributed by atoms with van der Waals surface area (Å²) in [6, 6.07) is 14.4. The fraction of sp³-hybridized carbons (Fsp3) is 0.174. The Labute approximate surface area is 168 Å². The summed E-state index contributed by atoms with van der Waals surface area (Å²) >= 11 is 0. The maximum Gasteiger partial charge on any atom is 0.237 e. The number of benzene rings is 2. The highest BCUT2D eigenvalue weighted by atomic mass is 19.1. The molecule has 0 saturated carbocycles. The van der Waals surface area contributed by atoms with Crippen molar-refractivity contribution in [2.75, 3.05) is 17.2 Å². The highest BCUT2D eigenvalue weighted by Gasteiger charge is 2.31. The van der Waals surface area contributed by atoms with Crippen LogP contribution in [0.5, 0.6) is 0 Å². The minimum absolute atomic E-state index is 0.265. The van der Waals surface area contributed by atoms with Crippen LogP contribution in [0.3, 0.4) is 0 Å². The summed E-state index contributed by atoms with van der Waals surface area (Å²) in [5.41, 5.74) is 4.85. The average Bonchev–Trinajstić information content (AvgIpc) is 3.05. The Morgan fingerprint density at radius 3 is 2.93 bits per heavy atom.